The van der Waals surface area contributed by atoms with Crippen LogP contribution >= 0.6 is 15.9 Å². The Hall–Kier alpha value is -2.31. The number of nitrogens with one attached hydrogen (secondary N) is 1. The highest BCUT2D eigenvalue weighted by atomic mass is 79.9. The summed E-state index contributed by atoms with van der Waals surface area (Å²) in [4.78, 5) is 0. The number of anilines is 2. The molecule has 3 aromatic carbocycles. The van der Waals surface area contributed by atoms with Crippen molar-refractivity contribution >= 4 is 38.1 Å². The van der Waals surface area contributed by atoms with Crippen molar-refractivity contribution in [1.82, 2.24) is 0 Å². The molecule has 0 heterocycles. The lowest BCUT2D eigenvalue weighted by molar-refractivity contribution is 1.46. The number of fused-ring (bicyclic) bond motifs is 1. The summed E-state index contributed by atoms with van der Waals surface area (Å²) in [5.41, 5.74) is 2.44. The molecule has 3 aromatic rings. The van der Waals surface area contributed by atoms with E-state index in [-0.39, 0.29) is 0 Å². The molecule has 0 saturated carbocycles. The fourth-order valence-electron chi connectivity index (χ4n) is 2.14. The lowest BCUT2D eigenvalue weighted by Gasteiger charge is -2.09. The minimum Gasteiger partial charge on any atom is -0.354 e. The van der Waals surface area contributed by atoms with Gasteiger partial charge in [0, 0.05) is 10.2 Å². The molecule has 0 amide bonds. The maximum Gasteiger partial charge on any atom is 0.101 e. The molecular weight excluding hydrogens is 312 g/mol. The third-order valence-electron chi connectivity index (χ3n) is 3.13. The van der Waals surface area contributed by atoms with E-state index in [4.69, 9.17) is 5.26 Å². The molecule has 0 unspecified atom stereocenters. The highest BCUT2D eigenvalue weighted by Crippen LogP contribution is 2.26. The normalized spacial score (nSPS) is 10.2. The Morgan fingerprint density at radius 2 is 1.65 bits per heavy atom. The minimum atomic E-state index is 0.642. The molecule has 0 radical (unpaired) electrons. The molecule has 2 nitrogen and oxygen atoms in total. The molecule has 0 aromatic heterocycles. The summed E-state index contributed by atoms with van der Waals surface area (Å²) in [6.07, 6.45) is 0. The van der Waals surface area contributed by atoms with Crippen LogP contribution in [0.25, 0.3) is 10.8 Å². The second-order valence-corrected chi connectivity index (χ2v) is 5.40. The van der Waals surface area contributed by atoms with E-state index >= 15 is 0 Å². The van der Waals surface area contributed by atoms with E-state index in [1.807, 2.05) is 30.3 Å². The second kappa shape index (κ2) is 5.36. The molecule has 3 heteroatoms. The third-order valence-corrected chi connectivity index (χ3v) is 3.62. The number of rotatable bonds is 2. The van der Waals surface area contributed by atoms with Crippen LogP contribution < -0.4 is 5.32 Å². The van der Waals surface area contributed by atoms with Crippen molar-refractivity contribution in [2.45, 2.75) is 0 Å². The van der Waals surface area contributed by atoms with Gasteiger partial charge in [0.2, 0.25) is 0 Å². The van der Waals surface area contributed by atoms with Gasteiger partial charge in [0.25, 0.3) is 0 Å². The Kier molecular flexibility index (Phi) is 3.41. The van der Waals surface area contributed by atoms with Crippen LogP contribution in [0, 0.1) is 11.3 Å². The Balaban J connectivity index is 1.99. The second-order valence-electron chi connectivity index (χ2n) is 4.49. The lowest BCUT2D eigenvalue weighted by Crippen LogP contribution is -1.93. The third kappa shape index (κ3) is 2.52. The zero-order valence-corrected chi connectivity index (χ0v) is 12.2. The first-order valence-corrected chi connectivity index (χ1v) is 7.01. The molecule has 0 saturated heterocycles. The van der Waals surface area contributed by atoms with Gasteiger partial charge in [0.15, 0.2) is 0 Å². The van der Waals surface area contributed by atoms with Crippen LogP contribution in [-0.4, -0.2) is 0 Å². The van der Waals surface area contributed by atoms with Gasteiger partial charge in [-0.3, -0.25) is 0 Å². The summed E-state index contributed by atoms with van der Waals surface area (Å²) in [6, 6.07) is 22.0. The summed E-state index contributed by atoms with van der Waals surface area (Å²) < 4.78 is 1.07. The van der Waals surface area contributed by atoms with E-state index in [9.17, 15) is 0 Å². The number of halogens is 1. The van der Waals surface area contributed by atoms with E-state index in [1.54, 1.807) is 6.07 Å². The monoisotopic (exact) mass is 322 g/mol. The van der Waals surface area contributed by atoms with Crippen molar-refractivity contribution in [3.8, 4) is 6.07 Å². The maximum absolute atomic E-state index is 9.10. The number of nitriles is 1. The van der Waals surface area contributed by atoms with Crippen LogP contribution in [-0.2, 0) is 0 Å². The fourth-order valence-corrected chi connectivity index (χ4v) is 2.52. The van der Waals surface area contributed by atoms with Gasteiger partial charge >= 0.3 is 0 Å². The predicted molar refractivity (Wildman–Crippen MR) is 86.1 cm³/mol. The Bertz CT molecular complexity index is 819. The molecule has 0 fully saturated rings. The summed E-state index contributed by atoms with van der Waals surface area (Å²) >= 11 is 3.47. The van der Waals surface area contributed by atoms with Gasteiger partial charge in [-0.25, -0.2) is 0 Å². The first-order chi connectivity index (χ1) is 9.76. The van der Waals surface area contributed by atoms with Crippen molar-refractivity contribution in [2.24, 2.45) is 0 Å². The van der Waals surface area contributed by atoms with Crippen LogP contribution in [0.5, 0.6) is 0 Å². The molecule has 0 spiro atoms. The average Bonchev–Trinajstić information content (AvgIpc) is 2.48. The van der Waals surface area contributed by atoms with E-state index in [2.05, 4.69) is 51.6 Å². The molecule has 0 aliphatic rings. The predicted octanol–water partition coefficient (Wildman–Crippen LogP) is 5.22. The van der Waals surface area contributed by atoms with Crippen LogP contribution in [0.4, 0.5) is 11.4 Å². The van der Waals surface area contributed by atoms with Crippen LogP contribution in [0.3, 0.4) is 0 Å². The number of hydrogen-bond acceptors (Lipinski definition) is 2. The van der Waals surface area contributed by atoms with Crippen molar-refractivity contribution < 1.29 is 0 Å². The van der Waals surface area contributed by atoms with Gasteiger partial charge in [0.05, 0.1) is 11.3 Å². The minimum absolute atomic E-state index is 0.642. The van der Waals surface area contributed by atoms with Gasteiger partial charge in [-0.2, -0.15) is 5.26 Å². The number of para-hydroxylation sites is 1. The largest absolute Gasteiger partial charge is 0.354 e. The highest BCUT2D eigenvalue weighted by Gasteiger charge is 2.02. The molecule has 0 aliphatic carbocycles. The standard InChI is InChI=1S/C17H11BrN2/c18-15-7-5-13-10-16(8-6-12(13)9-15)20-17-4-2-1-3-14(17)11-19/h1-10,20H. The van der Waals surface area contributed by atoms with Gasteiger partial charge in [-0.15, -0.1) is 0 Å². The van der Waals surface area contributed by atoms with Gasteiger partial charge < -0.3 is 5.32 Å². The first kappa shape index (κ1) is 12.7. The van der Waals surface area contributed by atoms with Crippen molar-refractivity contribution in [1.29, 1.82) is 5.26 Å². The fraction of sp³-hybridized carbons (Fsp3) is 0. The zero-order chi connectivity index (χ0) is 13.9. The number of nitrogens with zero attached hydrogens (tertiary/aromatic N) is 1. The van der Waals surface area contributed by atoms with Gasteiger partial charge in [-0.05, 0) is 47.2 Å². The lowest BCUT2D eigenvalue weighted by atomic mass is 10.1. The zero-order valence-electron chi connectivity index (χ0n) is 10.6. The number of benzene rings is 3. The number of hydrogen-bond donors (Lipinski definition) is 1. The van der Waals surface area contributed by atoms with Gasteiger partial charge in [-0.1, -0.05) is 40.2 Å². The Morgan fingerprint density at radius 3 is 2.50 bits per heavy atom. The summed E-state index contributed by atoms with van der Waals surface area (Å²) in [6.45, 7) is 0. The molecule has 3 rings (SSSR count). The van der Waals surface area contributed by atoms with E-state index in [1.165, 1.54) is 5.39 Å². The van der Waals surface area contributed by atoms with Crippen molar-refractivity contribution in [3.63, 3.8) is 0 Å². The quantitative estimate of drug-likeness (QED) is 0.702. The summed E-state index contributed by atoms with van der Waals surface area (Å²) in [5, 5.41) is 14.7. The highest BCUT2D eigenvalue weighted by molar-refractivity contribution is 9.10. The molecule has 0 bridgehead atoms. The Labute approximate surface area is 125 Å². The Morgan fingerprint density at radius 1 is 0.900 bits per heavy atom. The van der Waals surface area contributed by atoms with Crippen molar-refractivity contribution in [2.75, 3.05) is 5.32 Å². The van der Waals surface area contributed by atoms with E-state index < -0.39 is 0 Å². The SMILES string of the molecule is N#Cc1ccccc1Nc1ccc2cc(Br)ccc2c1. The maximum atomic E-state index is 9.10. The van der Waals surface area contributed by atoms with Gasteiger partial charge in [0.1, 0.15) is 6.07 Å². The van der Waals surface area contributed by atoms with Crippen LogP contribution in [0.2, 0.25) is 0 Å². The molecule has 0 aliphatic heterocycles. The topological polar surface area (TPSA) is 35.8 Å². The van der Waals surface area contributed by atoms with Crippen LogP contribution in [0.15, 0.2) is 65.1 Å². The summed E-state index contributed by atoms with van der Waals surface area (Å²) in [5.74, 6) is 0. The van der Waals surface area contributed by atoms with Crippen LogP contribution in [0.1, 0.15) is 5.56 Å². The molecule has 96 valence electrons. The van der Waals surface area contributed by atoms with E-state index in [0.717, 1.165) is 21.2 Å². The molecule has 20 heavy (non-hydrogen) atoms. The molecule has 0 atom stereocenters. The molecule has 1 N–H and O–H groups in total. The summed E-state index contributed by atoms with van der Waals surface area (Å²) in [7, 11) is 0. The average molecular weight is 323 g/mol. The van der Waals surface area contributed by atoms with E-state index in [0.29, 0.717) is 5.56 Å². The smallest absolute Gasteiger partial charge is 0.101 e. The molecular formula is C17H11BrN2. The first-order valence-electron chi connectivity index (χ1n) is 6.22. The van der Waals surface area contributed by atoms with Crippen molar-refractivity contribution in [3.05, 3.63) is 70.7 Å².